The predicted molar refractivity (Wildman–Crippen MR) is 118 cm³/mol. The number of carbonyl (C=O) groups excluding carboxylic acids is 2. The van der Waals surface area contributed by atoms with E-state index < -0.39 is 0 Å². The van der Waals surface area contributed by atoms with Crippen LogP contribution < -0.4 is 10.5 Å². The molecule has 1 saturated heterocycles. The molecule has 0 unspecified atom stereocenters. The van der Waals surface area contributed by atoms with Gasteiger partial charge < -0.3 is 20.3 Å². The van der Waals surface area contributed by atoms with Crippen LogP contribution in [0.25, 0.3) is 0 Å². The van der Waals surface area contributed by atoms with Gasteiger partial charge in [0.1, 0.15) is 0 Å². The molecule has 1 aromatic heterocycles. The largest absolute Gasteiger partial charge is 0.453 e. The lowest BCUT2D eigenvalue weighted by molar-refractivity contribution is -0.140. The highest BCUT2D eigenvalue weighted by atomic mass is 35.5. The zero-order chi connectivity index (χ0) is 21.0. The lowest BCUT2D eigenvalue weighted by Crippen LogP contribution is -2.49. The van der Waals surface area contributed by atoms with Crippen molar-refractivity contribution in [2.75, 3.05) is 32.5 Å². The third-order valence-corrected chi connectivity index (χ3v) is 6.30. The standard InChI is InChI=1S/C21H33N5O3.ClH/c1-14-19(22)15(2)24-21(23-14)29-13-18(27)25(3)17-9-11-26(12-10-17)20(28)16-7-5-4-6-8-16;/h16-17H,4-13,22H2,1-3H3;1H. The SMILES string of the molecule is Cc1nc(OCC(=O)N(C)C2CCN(C(=O)C3CCCCC3)CC2)nc(C)c1N.Cl. The molecule has 2 heterocycles. The number of nitrogens with two attached hydrogens (primary N) is 1. The van der Waals surface area contributed by atoms with Crippen LogP contribution >= 0.6 is 12.4 Å². The van der Waals surface area contributed by atoms with Crippen LogP contribution in [-0.2, 0) is 9.59 Å². The zero-order valence-corrected chi connectivity index (χ0v) is 19.0. The summed E-state index contributed by atoms with van der Waals surface area (Å²) in [6, 6.07) is 0.293. The molecule has 2 N–H and O–H groups in total. The maximum atomic E-state index is 12.7. The van der Waals surface area contributed by atoms with Crippen molar-refractivity contribution in [3.63, 3.8) is 0 Å². The van der Waals surface area contributed by atoms with Gasteiger partial charge in [-0.3, -0.25) is 9.59 Å². The average Bonchev–Trinajstić information content (AvgIpc) is 2.75. The molecule has 2 amide bonds. The predicted octanol–water partition coefficient (Wildman–Crippen LogP) is 2.51. The highest BCUT2D eigenvalue weighted by Crippen LogP contribution is 2.27. The minimum absolute atomic E-state index is 0. The van der Waals surface area contributed by atoms with E-state index in [1.807, 2.05) is 4.90 Å². The number of aryl methyl sites for hydroxylation is 2. The smallest absolute Gasteiger partial charge is 0.317 e. The molecular weight excluding hydrogens is 406 g/mol. The topological polar surface area (TPSA) is 102 Å². The minimum Gasteiger partial charge on any atom is -0.453 e. The summed E-state index contributed by atoms with van der Waals surface area (Å²) in [5.74, 6) is 0.407. The maximum Gasteiger partial charge on any atom is 0.317 e. The number of anilines is 1. The Labute approximate surface area is 185 Å². The van der Waals surface area contributed by atoms with Crippen LogP contribution in [-0.4, -0.2) is 64.4 Å². The van der Waals surface area contributed by atoms with Crippen LogP contribution in [0.15, 0.2) is 0 Å². The summed E-state index contributed by atoms with van der Waals surface area (Å²) in [5, 5.41) is 0. The summed E-state index contributed by atoms with van der Waals surface area (Å²) in [4.78, 5) is 37.3. The van der Waals surface area contributed by atoms with E-state index in [-0.39, 0.29) is 42.9 Å². The Morgan fingerprint density at radius 2 is 1.63 bits per heavy atom. The van der Waals surface area contributed by atoms with Crippen molar-refractivity contribution in [2.24, 2.45) is 5.92 Å². The summed E-state index contributed by atoms with van der Waals surface area (Å²) < 4.78 is 5.50. The summed E-state index contributed by atoms with van der Waals surface area (Å²) in [5.41, 5.74) is 7.67. The summed E-state index contributed by atoms with van der Waals surface area (Å²) in [6.07, 6.45) is 7.25. The number of likely N-dealkylation sites (N-methyl/N-ethyl adjacent to an activating group) is 1. The van der Waals surface area contributed by atoms with Gasteiger partial charge in [-0.25, -0.2) is 0 Å². The van der Waals surface area contributed by atoms with E-state index in [1.165, 1.54) is 19.3 Å². The maximum absolute atomic E-state index is 12.7. The lowest BCUT2D eigenvalue weighted by Gasteiger charge is -2.38. The quantitative estimate of drug-likeness (QED) is 0.756. The number of hydrogen-bond donors (Lipinski definition) is 1. The molecule has 0 atom stereocenters. The number of rotatable bonds is 5. The van der Waals surface area contributed by atoms with E-state index in [0.717, 1.165) is 38.8 Å². The third kappa shape index (κ3) is 5.74. The Bertz CT molecular complexity index is 723. The van der Waals surface area contributed by atoms with Gasteiger partial charge in [0.2, 0.25) is 5.91 Å². The summed E-state index contributed by atoms with van der Waals surface area (Å²) in [6.45, 7) is 4.90. The molecule has 0 bridgehead atoms. The molecule has 168 valence electrons. The number of amides is 2. The number of ether oxygens (including phenoxy) is 1. The molecule has 30 heavy (non-hydrogen) atoms. The number of piperidine rings is 1. The Kier molecular flexibility index (Phi) is 8.70. The fourth-order valence-electron chi connectivity index (χ4n) is 4.27. The molecule has 1 aliphatic heterocycles. The minimum atomic E-state index is -0.113. The average molecular weight is 440 g/mol. The van der Waals surface area contributed by atoms with E-state index in [2.05, 4.69) is 9.97 Å². The monoisotopic (exact) mass is 439 g/mol. The fourth-order valence-corrected chi connectivity index (χ4v) is 4.27. The van der Waals surface area contributed by atoms with E-state index >= 15 is 0 Å². The van der Waals surface area contributed by atoms with Gasteiger partial charge in [0, 0.05) is 32.1 Å². The molecule has 0 aromatic carbocycles. The normalized spacial score (nSPS) is 17.9. The second-order valence-electron chi connectivity index (χ2n) is 8.28. The molecule has 2 fully saturated rings. The number of likely N-dealkylation sites (tertiary alicyclic amines) is 1. The summed E-state index contributed by atoms with van der Waals surface area (Å²) in [7, 11) is 1.80. The zero-order valence-electron chi connectivity index (χ0n) is 18.2. The van der Waals surface area contributed by atoms with Crippen molar-refractivity contribution in [1.82, 2.24) is 19.8 Å². The van der Waals surface area contributed by atoms with Crippen LogP contribution in [0.4, 0.5) is 5.69 Å². The first-order valence-corrected chi connectivity index (χ1v) is 10.6. The number of carbonyl (C=O) groups is 2. The van der Waals surface area contributed by atoms with Crippen molar-refractivity contribution in [1.29, 1.82) is 0 Å². The van der Waals surface area contributed by atoms with Crippen LogP contribution in [0.1, 0.15) is 56.3 Å². The molecule has 1 aromatic rings. The van der Waals surface area contributed by atoms with Crippen LogP contribution in [0.3, 0.4) is 0 Å². The Morgan fingerprint density at radius 1 is 1.07 bits per heavy atom. The molecule has 1 aliphatic carbocycles. The van der Waals surface area contributed by atoms with Gasteiger partial charge in [-0.05, 0) is 39.5 Å². The van der Waals surface area contributed by atoms with Gasteiger partial charge in [-0.1, -0.05) is 19.3 Å². The number of aromatic nitrogens is 2. The van der Waals surface area contributed by atoms with Crippen molar-refractivity contribution < 1.29 is 14.3 Å². The molecular formula is C21H34ClN5O3. The molecule has 1 saturated carbocycles. The van der Waals surface area contributed by atoms with Crippen molar-refractivity contribution >= 4 is 29.9 Å². The molecule has 0 radical (unpaired) electrons. The second kappa shape index (κ2) is 10.8. The van der Waals surface area contributed by atoms with E-state index in [1.54, 1.807) is 25.8 Å². The van der Waals surface area contributed by atoms with Gasteiger partial charge in [0.05, 0.1) is 17.1 Å². The Morgan fingerprint density at radius 3 is 2.20 bits per heavy atom. The van der Waals surface area contributed by atoms with Crippen molar-refractivity contribution in [3.8, 4) is 6.01 Å². The van der Waals surface area contributed by atoms with Crippen LogP contribution in [0.2, 0.25) is 0 Å². The van der Waals surface area contributed by atoms with Crippen LogP contribution in [0.5, 0.6) is 6.01 Å². The summed E-state index contributed by atoms with van der Waals surface area (Å²) >= 11 is 0. The second-order valence-corrected chi connectivity index (χ2v) is 8.28. The molecule has 3 rings (SSSR count). The molecule has 9 heteroatoms. The number of hydrogen-bond acceptors (Lipinski definition) is 6. The Balaban J connectivity index is 0.00000320. The third-order valence-electron chi connectivity index (χ3n) is 6.30. The van der Waals surface area contributed by atoms with E-state index in [0.29, 0.717) is 23.0 Å². The first-order chi connectivity index (χ1) is 13.9. The van der Waals surface area contributed by atoms with Gasteiger partial charge in [-0.2, -0.15) is 9.97 Å². The molecule has 0 spiro atoms. The highest BCUT2D eigenvalue weighted by Gasteiger charge is 2.31. The van der Waals surface area contributed by atoms with E-state index in [9.17, 15) is 9.59 Å². The number of nitrogens with zero attached hydrogens (tertiary/aromatic N) is 4. The number of halogens is 1. The highest BCUT2D eigenvalue weighted by molar-refractivity contribution is 5.85. The van der Waals surface area contributed by atoms with Crippen molar-refractivity contribution in [3.05, 3.63) is 11.4 Å². The molecule has 2 aliphatic rings. The van der Waals surface area contributed by atoms with Gasteiger partial charge in [0.15, 0.2) is 6.61 Å². The molecule has 8 nitrogen and oxygen atoms in total. The number of nitrogen functional groups attached to an aromatic ring is 1. The van der Waals surface area contributed by atoms with Crippen molar-refractivity contribution in [2.45, 2.75) is 64.8 Å². The first kappa shape index (κ1) is 24.2. The van der Waals surface area contributed by atoms with Gasteiger partial charge in [-0.15, -0.1) is 12.4 Å². The fraction of sp³-hybridized carbons (Fsp3) is 0.714. The van der Waals surface area contributed by atoms with E-state index in [4.69, 9.17) is 10.5 Å². The Hall–Kier alpha value is -2.09. The van der Waals surface area contributed by atoms with Gasteiger partial charge >= 0.3 is 6.01 Å². The van der Waals surface area contributed by atoms with Crippen LogP contribution in [0, 0.1) is 19.8 Å². The van der Waals surface area contributed by atoms with Gasteiger partial charge in [0.25, 0.3) is 5.91 Å². The lowest BCUT2D eigenvalue weighted by atomic mass is 9.87. The first-order valence-electron chi connectivity index (χ1n) is 10.6.